The summed E-state index contributed by atoms with van der Waals surface area (Å²) in [6, 6.07) is 0. The summed E-state index contributed by atoms with van der Waals surface area (Å²) < 4.78 is 9.79. The molecule has 0 saturated heterocycles. The summed E-state index contributed by atoms with van der Waals surface area (Å²) in [5.74, 6) is -1.04. The number of aliphatic carboxylic acids is 1. The number of hydrogen-bond acceptors (Lipinski definition) is 2. The fraction of sp³-hybridized carbons (Fsp3) is 0.667. The zero-order valence-electron chi connectivity index (χ0n) is 4.57. The van der Waals surface area contributed by atoms with Gasteiger partial charge in [0.05, 0.1) is 6.42 Å². The van der Waals surface area contributed by atoms with Crippen LogP contribution < -0.4 is 0 Å². The second kappa shape index (κ2) is 5.62. The van der Waals surface area contributed by atoms with Gasteiger partial charge in [-0.1, -0.05) is 0 Å². The van der Waals surface area contributed by atoms with Crippen LogP contribution in [-0.4, -0.2) is 27.6 Å². The molecule has 0 aliphatic carbocycles. The van der Waals surface area contributed by atoms with Gasteiger partial charge in [0.2, 0.25) is 0 Å². The largest absolute Gasteiger partial charge is 0.506 e. The monoisotopic (exact) mass is 155 g/mol. The summed E-state index contributed by atoms with van der Waals surface area (Å²) in [5.41, 5.74) is 0. The normalized spacial score (nSPS) is 9.67. The van der Waals surface area contributed by atoms with Gasteiger partial charge in [0.25, 0.3) is 0 Å². The van der Waals surface area contributed by atoms with Gasteiger partial charge in [-0.2, -0.15) is 4.89 Å². The number of carboxylic acid groups (broad SMARTS) is 1. The maximum Gasteiger partial charge on any atom is 0.506 e. The van der Waals surface area contributed by atoms with E-state index in [1.165, 1.54) is 0 Å². The molecule has 0 heterocycles. The highest BCUT2D eigenvalue weighted by Gasteiger charge is 2.11. The lowest BCUT2D eigenvalue weighted by molar-refractivity contribution is -0.136. The first-order valence-corrected chi connectivity index (χ1v) is 3.38. The lowest BCUT2D eigenvalue weighted by Gasteiger charge is -1.76. The summed E-state index contributed by atoms with van der Waals surface area (Å²) in [4.78, 5) is 17.7. The first-order chi connectivity index (χ1) is 3.63. The van der Waals surface area contributed by atoms with E-state index in [2.05, 4.69) is 0 Å². The second-order valence-electron chi connectivity index (χ2n) is 1.22. The van der Waals surface area contributed by atoms with Crippen LogP contribution in [0.2, 0.25) is 0 Å². The van der Waals surface area contributed by atoms with Crippen molar-refractivity contribution in [1.82, 2.24) is 0 Å². The first kappa shape index (κ1) is 11.3. The first-order valence-electron chi connectivity index (χ1n) is 1.98. The minimum Gasteiger partial charge on any atom is -0.481 e. The molecule has 0 amide bonds. The molecule has 6 heteroatoms. The van der Waals surface area contributed by atoms with E-state index in [9.17, 15) is 9.36 Å². The molecule has 0 radical (unpaired) electrons. The Kier molecular flexibility index (Phi) is 7.07. The molecule has 9 heavy (non-hydrogen) atoms. The van der Waals surface area contributed by atoms with Gasteiger partial charge in [0.15, 0.2) is 6.16 Å². The van der Waals surface area contributed by atoms with Gasteiger partial charge in [-0.05, 0) is 4.57 Å². The van der Waals surface area contributed by atoms with Crippen molar-refractivity contribution in [1.29, 1.82) is 0 Å². The summed E-state index contributed by atoms with van der Waals surface area (Å²) in [7, 11) is -2.26. The number of rotatable bonds is 3. The van der Waals surface area contributed by atoms with E-state index in [0.717, 1.165) is 0 Å². The number of hydrogen-bond donors (Lipinski definition) is 2. The van der Waals surface area contributed by atoms with Gasteiger partial charge in [-0.15, -0.1) is 0 Å². The molecule has 4 N–H and O–H groups in total. The average molecular weight is 155 g/mol. The quantitative estimate of drug-likeness (QED) is 0.529. The van der Waals surface area contributed by atoms with Gasteiger partial charge >= 0.3 is 14.0 Å². The van der Waals surface area contributed by atoms with Crippen molar-refractivity contribution < 1.29 is 24.8 Å². The van der Waals surface area contributed by atoms with Gasteiger partial charge in [0.1, 0.15) is 0 Å². The zero-order valence-corrected chi connectivity index (χ0v) is 5.47. The predicted octanol–water partition coefficient (Wildman–Crippen LogP) is -0.629. The molecular weight excluding hydrogens is 147 g/mol. The van der Waals surface area contributed by atoms with Crippen molar-refractivity contribution in [3.8, 4) is 0 Å². The minimum atomic E-state index is -2.26. The van der Waals surface area contributed by atoms with Gasteiger partial charge in [0, 0.05) is 0 Å². The van der Waals surface area contributed by atoms with E-state index < -0.39 is 14.0 Å². The SMILES string of the molecule is O.O=C(O)CC[P+](=O)O. The molecule has 0 aromatic carbocycles. The molecular formula is C3H8O5P+. The Morgan fingerprint density at radius 1 is 1.56 bits per heavy atom. The van der Waals surface area contributed by atoms with E-state index in [4.69, 9.17) is 10.00 Å². The fourth-order valence-corrected chi connectivity index (χ4v) is 0.574. The van der Waals surface area contributed by atoms with Crippen LogP contribution in [0.1, 0.15) is 6.42 Å². The highest BCUT2D eigenvalue weighted by Crippen LogP contribution is 2.12. The molecule has 0 fully saturated rings. The number of carbonyl (C=O) groups is 1. The van der Waals surface area contributed by atoms with Crippen molar-refractivity contribution in [2.45, 2.75) is 6.42 Å². The molecule has 0 aromatic heterocycles. The summed E-state index contributed by atoms with van der Waals surface area (Å²) in [6.45, 7) is 0. The van der Waals surface area contributed by atoms with Crippen LogP contribution in [0, 0.1) is 0 Å². The maximum atomic E-state index is 9.79. The van der Waals surface area contributed by atoms with E-state index in [0.29, 0.717) is 0 Å². The lowest BCUT2D eigenvalue weighted by atomic mass is 10.5. The van der Waals surface area contributed by atoms with E-state index in [-0.39, 0.29) is 18.1 Å². The third kappa shape index (κ3) is 11.2. The molecule has 0 aliphatic heterocycles. The molecule has 1 atom stereocenters. The Balaban J connectivity index is 0. The Hall–Kier alpha value is -0.510. The Bertz CT molecular complexity index is 96.8. The van der Waals surface area contributed by atoms with Crippen LogP contribution in [-0.2, 0) is 9.36 Å². The highest BCUT2D eigenvalue weighted by molar-refractivity contribution is 7.38. The second-order valence-corrected chi connectivity index (χ2v) is 2.37. The Morgan fingerprint density at radius 2 is 2.00 bits per heavy atom. The summed E-state index contributed by atoms with van der Waals surface area (Å²) in [5, 5.41) is 7.92. The molecule has 1 unspecified atom stereocenters. The molecule has 0 rings (SSSR count). The van der Waals surface area contributed by atoms with Crippen molar-refractivity contribution >= 4 is 14.0 Å². The fourth-order valence-electron chi connectivity index (χ4n) is 0.191. The topological polar surface area (TPSA) is 106 Å². The molecule has 54 valence electrons. The standard InChI is InChI=1S/C3H5O4P.H2O/c4-3(5)1-2-8(6)7;/h1-2H2,(H-,4,5,6,7);1H2/p+1. The smallest absolute Gasteiger partial charge is 0.481 e. The van der Waals surface area contributed by atoms with Crippen molar-refractivity contribution in [3.63, 3.8) is 0 Å². The molecule has 0 bridgehead atoms. The van der Waals surface area contributed by atoms with E-state index in [1.807, 2.05) is 0 Å². The Morgan fingerprint density at radius 3 is 2.11 bits per heavy atom. The third-order valence-electron chi connectivity index (χ3n) is 0.517. The zero-order chi connectivity index (χ0) is 6.57. The van der Waals surface area contributed by atoms with E-state index in [1.54, 1.807) is 0 Å². The molecule has 5 nitrogen and oxygen atoms in total. The lowest BCUT2D eigenvalue weighted by Crippen LogP contribution is -1.95. The molecule has 0 aromatic rings. The van der Waals surface area contributed by atoms with Crippen LogP contribution >= 0.6 is 8.03 Å². The van der Waals surface area contributed by atoms with Crippen LogP contribution in [0.5, 0.6) is 0 Å². The van der Waals surface area contributed by atoms with Gasteiger partial charge in [-0.3, -0.25) is 4.79 Å². The average Bonchev–Trinajstić information content (AvgIpc) is 1.61. The van der Waals surface area contributed by atoms with Crippen molar-refractivity contribution in [3.05, 3.63) is 0 Å². The van der Waals surface area contributed by atoms with Gasteiger partial charge < -0.3 is 10.6 Å². The molecule has 0 aliphatic rings. The van der Waals surface area contributed by atoms with Crippen molar-refractivity contribution in [2.75, 3.05) is 6.16 Å². The summed E-state index contributed by atoms with van der Waals surface area (Å²) >= 11 is 0. The summed E-state index contributed by atoms with van der Waals surface area (Å²) in [6.07, 6.45) is -0.379. The van der Waals surface area contributed by atoms with Crippen LogP contribution in [0.3, 0.4) is 0 Å². The molecule has 0 saturated carbocycles. The third-order valence-corrected chi connectivity index (χ3v) is 1.12. The molecule has 0 spiro atoms. The Labute approximate surface area is 52.5 Å². The highest BCUT2D eigenvalue weighted by atomic mass is 31.1. The predicted molar refractivity (Wildman–Crippen MR) is 30.6 cm³/mol. The van der Waals surface area contributed by atoms with Crippen LogP contribution in [0.15, 0.2) is 0 Å². The van der Waals surface area contributed by atoms with Crippen LogP contribution in [0.4, 0.5) is 0 Å². The maximum absolute atomic E-state index is 9.79. The minimum absolute atomic E-state index is 0. The van der Waals surface area contributed by atoms with Crippen molar-refractivity contribution in [2.24, 2.45) is 0 Å². The number of carboxylic acids is 1. The van der Waals surface area contributed by atoms with Gasteiger partial charge in [-0.25, -0.2) is 0 Å². The van der Waals surface area contributed by atoms with E-state index >= 15 is 0 Å². The van der Waals surface area contributed by atoms with Crippen LogP contribution in [0.25, 0.3) is 0 Å².